The Morgan fingerprint density at radius 1 is 0.787 bits per heavy atom. The van der Waals surface area contributed by atoms with Crippen molar-refractivity contribution in [1.29, 1.82) is 5.26 Å². The molecule has 47 heavy (non-hydrogen) atoms. The number of carbonyl (C=O) groups excluding carboxylic acids is 1. The van der Waals surface area contributed by atoms with Crippen LogP contribution in [0.2, 0.25) is 0 Å². The molecule has 1 heterocycles. The number of rotatable bonds is 21. The number of hydrogen-bond acceptors (Lipinski definition) is 8. The fraction of sp³-hybridized carbons (Fsp3) is 0.641. The molecule has 1 aliphatic heterocycles. The van der Waals surface area contributed by atoms with Crippen molar-refractivity contribution < 1.29 is 33.2 Å². The molecule has 2 aromatic carbocycles. The Morgan fingerprint density at radius 2 is 1.34 bits per heavy atom. The Bertz CT molecular complexity index is 1230. The molecule has 0 aliphatic carbocycles. The first-order valence-corrected chi connectivity index (χ1v) is 17.7. The zero-order valence-electron chi connectivity index (χ0n) is 29.5. The van der Waals surface area contributed by atoms with Crippen molar-refractivity contribution in [2.45, 2.75) is 130 Å². The number of aryl methyl sites for hydroxylation is 1. The number of benzene rings is 2. The van der Waals surface area contributed by atoms with Crippen molar-refractivity contribution in [1.82, 2.24) is 0 Å². The lowest BCUT2D eigenvalue weighted by atomic mass is 9.87. The number of unbranched alkanes of at least 4 members (excludes halogenated alkanes) is 4. The first-order valence-electron chi connectivity index (χ1n) is 17.7. The van der Waals surface area contributed by atoms with E-state index in [1.54, 1.807) is 0 Å². The van der Waals surface area contributed by atoms with Gasteiger partial charge in [-0.3, -0.25) is 4.79 Å². The van der Waals surface area contributed by atoms with Crippen molar-refractivity contribution in [2.24, 2.45) is 0 Å². The minimum Gasteiger partial charge on any atom is -0.455 e. The van der Waals surface area contributed by atoms with Gasteiger partial charge in [-0.2, -0.15) is 5.26 Å². The summed E-state index contributed by atoms with van der Waals surface area (Å²) in [4.78, 5) is 12.7. The van der Waals surface area contributed by atoms with Crippen LogP contribution in [-0.2, 0) is 33.2 Å². The number of ether oxygens (including phenoxy) is 6. The van der Waals surface area contributed by atoms with Gasteiger partial charge in [0.1, 0.15) is 30.5 Å². The fourth-order valence-corrected chi connectivity index (χ4v) is 5.84. The molecule has 0 spiro atoms. The van der Waals surface area contributed by atoms with Gasteiger partial charge in [-0.25, -0.2) is 0 Å². The second kappa shape index (κ2) is 21.2. The number of esters is 1. The Kier molecular flexibility index (Phi) is 17.5. The Hall–Kier alpha value is -2.80. The Morgan fingerprint density at radius 3 is 1.89 bits per heavy atom. The van der Waals surface area contributed by atoms with Crippen molar-refractivity contribution in [3.8, 4) is 17.2 Å². The van der Waals surface area contributed by atoms with Crippen LogP contribution in [-0.4, -0.2) is 69.5 Å². The monoisotopic (exact) mass is 651 g/mol. The summed E-state index contributed by atoms with van der Waals surface area (Å²) in [6.07, 6.45) is 4.46. The molecule has 8 nitrogen and oxygen atoms in total. The molecule has 0 saturated carbocycles. The average Bonchev–Trinajstić information content (AvgIpc) is 3.07. The highest BCUT2D eigenvalue weighted by molar-refractivity contribution is 5.68. The Labute approximate surface area is 283 Å². The van der Waals surface area contributed by atoms with E-state index in [1.165, 1.54) is 6.92 Å². The summed E-state index contributed by atoms with van der Waals surface area (Å²) < 4.78 is 39.1. The third-order valence-electron chi connectivity index (χ3n) is 8.53. The van der Waals surface area contributed by atoms with Crippen LogP contribution in [0.1, 0.15) is 109 Å². The predicted octanol–water partition coefficient (Wildman–Crippen LogP) is 8.28. The van der Waals surface area contributed by atoms with Gasteiger partial charge in [0, 0.05) is 33.4 Å². The summed E-state index contributed by atoms with van der Waals surface area (Å²) in [7, 11) is 0. The lowest BCUT2D eigenvalue weighted by Gasteiger charge is -2.48. The molecule has 1 saturated heterocycles. The van der Waals surface area contributed by atoms with E-state index < -0.39 is 42.6 Å². The minimum absolute atomic E-state index is 0.339. The molecule has 1 fully saturated rings. The van der Waals surface area contributed by atoms with Crippen LogP contribution in [0.3, 0.4) is 0 Å². The van der Waals surface area contributed by atoms with E-state index in [9.17, 15) is 10.1 Å². The van der Waals surface area contributed by atoms with Gasteiger partial charge in [0.2, 0.25) is 0 Å². The van der Waals surface area contributed by atoms with Crippen molar-refractivity contribution in [3.63, 3.8) is 0 Å². The van der Waals surface area contributed by atoms with E-state index in [4.69, 9.17) is 28.4 Å². The second-order valence-corrected chi connectivity index (χ2v) is 12.4. The van der Waals surface area contributed by atoms with E-state index in [0.29, 0.717) is 38.6 Å². The molecule has 0 radical (unpaired) electrons. The summed E-state index contributed by atoms with van der Waals surface area (Å²) >= 11 is 0. The van der Waals surface area contributed by atoms with Crippen LogP contribution in [0.15, 0.2) is 42.5 Å². The smallest absolute Gasteiger partial charge is 0.303 e. The molecule has 260 valence electrons. The fourth-order valence-electron chi connectivity index (χ4n) is 5.84. The van der Waals surface area contributed by atoms with Crippen LogP contribution in [0.25, 0.3) is 11.1 Å². The standard InChI is InChI=1S/C39H57NO7/c1-7-11-21-42-27-34-36(43-22-12-8-2)37(44-23-13-9-3)38(45-24-14-10-4)39(47-34)35(46-29(6)41)33-20-19-32(25-28(33)5)31-17-15-30(26-40)16-18-31/h15-20,25,34-39H,7-14,21-24,27H2,1-6H3/t34?,35-,36-,37+,38?,39-/m1/s1. The van der Waals surface area contributed by atoms with Crippen LogP contribution in [0.5, 0.6) is 0 Å². The first kappa shape index (κ1) is 38.6. The highest BCUT2D eigenvalue weighted by Crippen LogP contribution is 2.39. The van der Waals surface area contributed by atoms with Crippen LogP contribution < -0.4 is 0 Å². The summed E-state index contributed by atoms with van der Waals surface area (Å²) in [5.74, 6) is -0.401. The number of nitriles is 1. The van der Waals surface area contributed by atoms with E-state index in [-0.39, 0.29) is 0 Å². The maximum atomic E-state index is 12.7. The highest BCUT2D eigenvalue weighted by Gasteiger charge is 2.52. The van der Waals surface area contributed by atoms with E-state index in [1.807, 2.05) is 43.3 Å². The lowest BCUT2D eigenvalue weighted by molar-refractivity contribution is -0.283. The third-order valence-corrected chi connectivity index (χ3v) is 8.53. The molecule has 2 unspecified atom stereocenters. The van der Waals surface area contributed by atoms with Gasteiger partial charge in [-0.15, -0.1) is 0 Å². The second-order valence-electron chi connectivity index (χ2n) is 12.4. The molecule has 3 rings (SSSR count). The van der Waals surface area contributed by atoms with Gasteiger partial charge in [-0.1, -0.05) is 83.7 Å². The summed E-state index contributed by atoms with van der Waals surface area (Å²) in [6.45, 7) is 14.7. The lowest BCUT2D eigenvalue weighted by Crippen LogP contribution is -2.63. The van der Waals surface area contributed by atoms with Crippen LogP contribution in [0, 0.1) is 18.3 Å². The van der Waals surface area contributed by atoms with Crippen molar-refractivity contribution >= 4 is 5.97 Å². The summed E-state index contributed by atoms with van der Waals surface area (Å²) in [5, 5.41) is 9.23. The van der Waals surface area contributed by atoms with Gasteiger partial charge < -0.3 is 28.4 Å². The number of hydrogen-bond donors (Lipinski definition) is 0. The molecule has 0 N–H and O–H groups in total. The van der Waals surface area contributed by atoms with Gasteiger partial charge >= 0.3 is 5.97 Å². The summed E-state index contributed by atoms with van der Waals surface area (Å²) in [6, 6.07) is 15.8. The molecule has 0 aromatic heterocycles. The zero-order chi connectivity index (χ0) is 34.0. The molecule has 6 atom stereocenters. The topological polar surface area (TPSA) is 96.2 Å². The van der Waals surface area contributed by atoms with E-state index in [2.05, 4.69) is 39.8 Å². The highest BCUT2D eigenvalue weighted by atomic mass is 16.6. The van der Waals surface area contributed by atoms with E-state index in [0.717, 1.165) is 73.6 Å². The third kappa shape index (κ3) is 11.7. The Balaban J connectivity index is 2.08. The van der Waals surface area contributed by atoms with Crippen LogP contribution >= 0.6 is 0 Å². The van der Waals surface area contributed by atoms with Crippen molar-refractivity contribution in [3.05, 3.63) is 59.2 Å². The number of nitrogens with zero attached hydrogens (tertiary/aromatic N) is 1. The summed E-state index contributed by atoms with van der Waals surface area (Å²) in [5.41, 5.74) is 4.41. The predicted molar refractivity (Wildman–Crippen MR) is 184 cm³/mol. The minimum atomic E-state index is -0.749. The van der Waals surface area contributed by atoms with Crippen molar-refractivity contribution in [2.75, 3.05) is 33.0 Å². The number of carbonyl (C=O) groups is 1. The molecule has 0 amide bonds. The zero-order valence-corrected chi connectivity index (χ0v) is 29.5. The maximum Gasteiger partial charge on any atom is 0.303 e. The van der Waals surface area contributed by atoms with Gasteiger partial charge in [-0.05, 0) is 67.0 Å². The molecule has 2 aromatic rings. The van der Waals surface area contributed by atoms with Gasteiger partial charge in [0.05, 0.1) is 18.2 Å². The molecule has 0 bridgehead atoms. The normalized spacial score (nSPS) is 21.7. The molecule has 8 heteroatoms. The van der Waals surface area contributed by atoms with Crippen LogP contribution in [0.4, 0.5) is 0 Å². The molecular formula is C39H57NO7. The quantitative estimate of drug-likeness (QED) is 0.0983. The van der Waals surface area contributed by atoms with Gasteiger partial charge in [0.25, 0.3) is 0 Å². The molecular weight excluding hydrogens is 594 g/mol. The van der Waals surface area contributed by atoms with Gasteiger partial charge in [0.15, 0.2) is 6.10 Å². The SMILES string of the molecule is CCCCOCC1O[C@H]([C@H](OC(C)=O)c2ccc(-c3ccc(C#N)cc3)cc2C)C(OCCCC)[C@@H](OCCCC)[C@@H]1OCCCC. The first-order chi connectivity index (χ1) is 22.9. The maximum absolute atomic E-state index is 12.7. The largest absolute Gasteiger partial charge is 0.455 e. The average molecular weight is 652 g/mol. The van der Waals surface area contributed by atoms with E-state index >= 15 is 0 Å². The molecule has 1 aliphatic rings.